The van der Waals surface area contributed by atoms with E-state index < -0.39 is 0 Å². The van der Waals surface area contributed by atoms with Gasteiger partial charge < -0.3 is 14.2 Å². The summed E-state index contributed by atoms with van der Waals surface area (Å²) in [6, 6.07) is 7.93. The molecule has 0 heterocycles. The van der Waals surface area contributed by atoms with Crippen LogP contribution >= 0.6 is 0 Å². The van der Waals surface area contributed by atoms with Gasteiger partial charge in [0.05, 0.1) is 19.4 Å². The van der Waals surface area contributed by atoms with E-state index in [0.29, 0.717) is 13.2 Å². The van der Waals surface area contributed by atoms with Crippen LogP contribution in [0.15, 0.2) is 29.3 Å². The number of benzene rings is 1. The molecular formula is C15H23NO3. The largest absolute Gasteiger partial charge is 0.497 e. The molecule has 1 rings (SSSR count). The van der Waals surface area contributed by atoms with Crippen molar-refractivity contribution in [2.75, 3.05) is 20.3 Å². The van der Waals surface area contributed by atoms with Crippen LogP contribution in [0.25, 0.3) is 0 Å². The van der Waals surface area contributed by atoms with Gasteiger partial charge in [0.25, 0.3) is 0 Å². The summed E-state index contributed by atoms with van der Waals surface area (Å²) in [6.07, 6.45) is 1.35. The van der Waals surface area contributed by atoms with Gasteiger partial charge in [-0.05, 0) is 38.5 Å². The average molecular weight is 265 g/mol. The van der Waals surface area contributed by atoms with Crippen LogP contribution < -0.4 is 4.74 Å². The van der Waals surface area contributed by atoms with Crippen LogP contribution in [0.2, 0.25) is 0 Å². The predicted molar refractivity (Wildman–Crippen MR) is 76.9 cm³/mol. The highest BCUT2D eigenvalue weighted by Gasteiger charge is 2.07. The molecule has 0 spiro atoms. The molecule has 0 aliphatic carbocycles. The van der Waals surface area contributed by atoms with E-state index in [2.05, 4.69) is 4.99 Å². The summed E-state index contributed by atoms with van der Waals surface area (Å²) in [7, 11) is 1.66. The molecule has 4 nitrogen and oxygen atoms in total. The van der Waals surface area contributed by atoms with Crippen LogP contribution in [0.5, 0.6) is 5.75 Å². The maximum absolute atomic E-state index is 5.42. The first-order chi connectivity index (χ1) is 9.21. The molecule has 1 unspecified atom stereocenters. The monoisotopic (exact) mass is 265 g/mol. The van der Waals surface area contributed by atoms with E-state index in [1.807, 2.05) is 45.0 Å². The maximum Gasteiger partial charge on any atom is 0.193 e. The van der Waals surface area contributed by atoms with Crippen molar-refractivity contribution < 1.29 is 14.2 Å². The smallest absolute Gasteiger partial charge is 0.193 e. The Kier molecular flexibility index (Phi) is 7.15. The Labute approximate surface area is 115 Å². The molecule has 0 aliphatic heterocycles. The quantitative estimate of drug-likeness (QED) is 0.535. The fraction of sp³-hybridized carbons (Fsp3) is 0.533. The standard InChI is InChI=1S/C15H23NO3/c1-5-18-15(19-6-2)11-16-12(3)13-8-7-9-14(10-13)17-4/h7-12,15H,5-6H2,1-4H3. The molecule has 0 aliphatic rings. The predicted octanol–water partition coefficient (Wildman–Crippen LogP) is 3.23. The summed E-state index contributed by atoms with van der Waals surface area (Å²) in [5, 5.41) is 0. The third-order valence-electron chi connectivity index (χ3n) is 2.67. The van der Waals surface area contributed by atoms with Crippen molar-refractivity contribution in [2.45, 2.75) is 33.1 Å². The second-order valence-electron chi connectivity index (χ2n) is 4.03. The van der Waals surface area contributed by atoms with Gasteiger partial charge in [-0.1, -0.05) is 12.1 Å². The first kappa shape index (κ1) is 15.7. The molecule has 0 N–H and O–H groups in total. The lowest BCUT2D eigenvalue weighted by Crippen LogP contribution is -2.19. The lowest BCUT2D eigenvalue weighted by atomic mass is 10.1. The molecule has 0 fully saturated rings. The molecule has 4 heteroatoms. The molecule has 0 aromatic heterocycles. The van der Waals surface area contributed by atoms with Crippen LogP contribution in [0, 0.1) is 0 Å². The zero-order valence-electron chi connectivity index (χ0n) is 12.1. The van der Waals surface area contributed by atoms with Crippen LogP contribution in [0.1, 0.15) is 32.4 Å². The minimum Gasteiger partial charge on any atom is -0.497 e. The maximum atomic E-state index is 5.42. The fourth-order valence-electron chi connectivity index (χ4n) is 1.65. The summed E-state index contributed by atoms with van der Waals surface area (Å²) in [6.45, 7) is 7.10. The minimum absolute atomic E-state index is 0.0403. The Hall–Kier alpha value is -1.39. The molecule has 1 aromatic carbocycles. The average Bonchev–Trinajstić information content (AvgIpc) is 2.45. The SMILES string of the molecule is CCOC(C=NC(C)c1cccc(OC)c1)OCC. The van der Waals surface area contributed by atoms with Crippen molar-refractivity contribution in [1.82, 2.24) is 0 Å². The number of hydrogen-bond acceptors (Lipinski definition) is 4. The van der Waals surface area contributed by atoms with Crippen LogP contribution in [0.4, 0.5) is 0 Å². The van der Waals surface area contributed by atoms with E-state index in [1.54, 1.807) is 13.3 Å². The normalized spacial score (nSPS) is 13.1. The van der Waals surface area contributed by atoms with Crippen LogP contribution in [-0.4, -0.2) is 32.8 Å². The number of hydrogen-bond donors (Lipinski definition) is 0. The summed E-state index contributed by atoms with van der Waals surface area (Å²) < 4.78 is 16.0. The third-order valence-corrected chi connectivity index (χ3v) is 2.67. The van der Waals surface area contributed by atoms with Gasteiger partial charge in [0.2, 0.25) is 0 Å². The van der Waals surface area contributed by atoms with Gasteiger partial charge in [0.15, 0.2) is 6.29 Å². The second-order valence-corrected chi connectivity index (χ2v) is 4.03. The van der Waals surface area contributed by atoms with Crippen molar-refractivity contribution in [3.63, 3.8) is 0 Å². The lowest BCUT2D eigenvalue weighted by molar-refractivity contribution is -0.0869. The van der Waals surface area contributed by atoms with E-state index in [9.17, 15) is 0 Å². The summed E-state index contributed by atoms with van der Waals surface area (Å²) in [5.41, 5.74) is 1.10. The lowest BCUT2D eigenvalue weighted by Gasteiger charge is -2.13. The Morgan fingerprint density at radius 1 is 1.21 bits per heavy atom. The van der Waals surface area contributed by atoms with Crippen molar-refractivity contribution in [3.8, 4) is 5.75 Å². The molecule has 0 saturated carbocycles. The van der Waals surface area contributed by atoms with E-state index in [0.717, 1.165) is 11.3 Å². The Bertz CT molecular complexity index is 387. The number of rotatable bonds is 8. The first-order valence-electron chi connectivity index (χ1n) is 6.61. The molecule has 19 heavy (non-hydrogen) atoms. The van der Waals surface area contributed by atoms with Gasteiger partial charge in [0.1, 0.15) is 5.75 Å². The van der Waals surface area contributed by atoms with E-state index >= 15 is 0 Å². The summed E-state index contributed by atoms with van der Waals surface area (Å²) in [5.74, 6) is 0.839. The molecule has 0 radical (unpaired) electrons. The number of nitrogens with zero attached hydrogens (tertiary/aromatic N) is 1. The Balaban J connectivity index is 2.67. The van der Waals surface area contributed by atoms with Crippen molar-refractivity contribution >= 4 is 6.21 Å². The molecule has 0 saturated heterocycles. The molecule has 0 amide bonds. The van der Waals surface area contributed by atoms with Crippen molar-refractivity contribution in [2.24, 2.45) is 4.99 Å². The van der Waals surface area contributed by atoms with Crippen LogP contribution in [0.3, 0.4) is 0 Å². The molecule has 1 atom stereocenters. The number of ether oxygens (including phenoxy) is 3. The highest BCUT2D eigenvalue weighted by molar-refractivity contribution is 5.61. The Morgan fingerprint density at radius 2 is 1.89 bits per heavy atom. The Morgan fingerprint density at radius 3 is 2.47 bits per heavy atom. The molecule has 106 valence electrons. The number of methoxy groups -OCH3 is 1. The van der Waals surface area contributed by atoms with Gasteiger partial charge in [-0.2, -0.15) is 0 Å². The molecule has 1 aromatic rings. The highest BCUT2D eigenvalue weighted by atomic mass is 16.7. The topological polar surface area (TPSA) is 40.0 Å². The first-order valence-corrected chi connectivity index (χ1v) is 6.61. The second kappa shape index (κ2) is 8.67. The van der Waals surface area contributed by atoms with E-state index in [-0.39, 0.29) is 12.3 Å². The molecular weight excluding hydrogens is 242 g/mol. The van der Waals surface area contributed by atoms with Crippen LogP contribution in [-0.2, 0) is 9.47 Å². The summed E-state index contributed by atoms with van der Waals surface area (Å²) in [4.78, 5) is 4.48. The van der Waals surface area contributed by atoms with Crippen molar-refractivity contribution in [3.05, 3.63) is 29.8 Å². The van der Waals surface area contributed by atoms with Gasteiger partial charge in [-0.15, -0.1) is 0 Å². The van der Waals surface area contributed by atoms with E-state index in [4.69, 9.17) is 14.2 Å². The summed E-state index contributed by atoms with van der Waals surface area (Å²) >= 11 is 0. The number of aliphatic imine (C=N–C) groups is 1. The third kappa shape index (κ3) is 5.41. The molecule has 0 bridgehead atoms. The zero-order valence-corrected chi connectivity index (χ0v) is 12.1. The van der Waals surface area contributed by atoms with E-state index in [1.165, 1.54) is 0 Å². The van der Waals surface area contributed by atoms with Gasteiger partial charge >= 0.3 is 0 Å². The highest BCUT2D eigenvalue weighted by Crippen LogP contribution is 2.21. The van der Waals surface area contributed by atoms with Gasteiger partial charge in [-0.25, -0.2) is 0 Å². The minimum atomic E-state index is -0.372. The zero-order chi connectivity index (χ0) is 14.1. The van der Waals surface area contributed by atoms with Crippen molar-refractivity contribution in [1.29, 1.82) is 0 Å². The van der Waals surface area contributed by atoms with Gasteiger partial charge in [0, 0.05) is 13.2 Å². The fourth-order valence-corrected chi connectivity index (χ4v) is 1.65. The van der Waals surface area contributed by atoms with Gasteiger partial charge in [-0.3, -0.25) is 4.99 Å².